The van der Waals surface area contributed by atoms with Crippen LogP contribution in [0.2, 0.25) is 10.0 Å². The molecule has 0 bridgehead atoms. The van der Waals surface area contributed by atoms with Crippen LogP contribution in [-0.4, -0.2) is 49.6 Å². The normalized spacial score (nSPS) is 22.2. The number of benzene rings is 2. The summed E-state index contributed by atoms with van der Waals surface area (Å²) in [7, 11) is 0. The number of halogens is 2. The molecule has 3 aliphatic rings. The third kappa shape index (κ3) is 5.23. The van der Waals surface area contributed by atoms with E-state index < -0.39 is 0 Å². The second-order valence-corrected chi connectivity index (χ2v) is 10.8. The minimum atomic E-state index is -0.0792. The van der Waals surface area contributed by atoms with E-state index >= 15 is 0 Å². The quantitative estimate of drug-likeness (QED) is 0.537. The summed E-state index contributed by atoms with van der Waals surface area (Å²) in [5.74, 6) is 0.530. The number of carbonyl (C=O) groups is 2. The van der Waals surface area contributed by atoms with E-state index in [0.717, 1.165) is 42.5 Å². The number of amides is 2. The standard InChI is InChI=1S/C28H32Cl2N2O3/c29-23-16-21(18-6-8-20(9-7-18)28(34)32-12-14-35-15-13-32)17-24(30)26(23)25(19-4-2-1-3-5-19)22-10-11-31-27(22)33/h6-9,16-17,19,22,25H,1-5,10-15H2,(H,31,33). The lowest BCUT2D eigenvalue weighted by molar-refractivity contribution is -0.123. The van der Waals surface area contributed by atoms with E-state index in [1.165, 1.54) is 19.3 Å². The summed E-state index contributed by atoms with van der Waals surface area (Å²) in [6.07, 6.45) is 6.69. The van der Waals surface area contributed by atoms with E-state index in [9.17, 15) is 9.59 Å². The first-order chi connectivity index (χ1) is 17.0. The average molecular weight is 515 g/mol. The molecule has 2 saturated heterocycles. The summed E-state index contributed by atoms with van der Waals surface area (Å²) < 4.78 is 5.35. The highest BCUT2D eigenvalue weighted by molar-refractivity contribution is 6.36. The summed E-state index contributed by atoms with van der Waals surface area (Å²) in [4.78, 5) is 27.3. The SMILES string of the molecule is O=C1NCCC1C(c1c(Cl)cc(-c2ccc(C(=O)N3CCOCC3)cc2)cc1Cl)C1CCCCC1. The van der Waals surface area contributed by atoms with E-state index in [1.54, 1.807) is 0 Å². The Bertz CT molecular complexity index is 1050. The fourth-order valence-corrected chi connectivity index (χ4v) is 6.78. The van der Waals surface area contributed by atoms with Gasteiger partial charge in [0.1, 0.15) is 0 Å². The molecule has 2 aromatic carbocycles. The van der Waals surface area contributed by atoms with E-state index in [-0.39, 0.29) is 23.7 Å². The molecule has 35 heavy (non-hydrogen) atoms. The molecule has 2 aliphatic heterocycles. The van der Waals surface area contributed by atoms with Gasteiger partial charge in [0, 0.05) is 47.1 Å². The van der Waals surface area contributed by atoms with Gasteiger partial charge in [-0.2, -0.15) is 0 Å². The van der Waals surface area contributed by atoms with Crippen molar-refractivity contribution in [2.24, 2.45) is 11.8 Å². The van der Waals surface area contributed by atoms with Crippen molar-refractivity contribution in [2.45, 2.75) is 44.4 Å². The van der Waals surface area contributed by atoms with Gasteiger partial charge in [-0.1, -0.05) is 54.6 Å². The maximum Gasteiger partial charge on any atom is 0.254 e. The van der Waals surface area contributed by atoms with Crippen molar-refractivity contribution < 1.29 is 14.3 Å². The van der Waals surface area contributed by atoms with Crippen LogP contribution in [0.4, 0.5) is 0 Å². The second kappa shape index (κ2) is 10.9. The molecule has 0 aromatic heterocycles. The van der Waals surface area contributed by atoms with E-state index in [0.29, 0.717) is 47.8 Å². The molecule has 5 rings (SSSR count). The predicted octanol–water partition coefficient (Wildman–Crippen LogP) is 5.93. The number of hydrogen-bond donors (Lipinski definition) is 1. The molecule has 1 aliphatic carbocycles. The Morgan fingerprint density at radius 2 is 1.60 bits per heavy atom. The number of nitrogens with zero attached hydrogens (tertiary/aromatic N) is 1. The first kappa shape index (κ1) is 24.6. The summed E-state index contributed by atoms with van der Waals surface area (Å²) >= 11 is 13.8. The molecule has 2 aromatic rings. The number of rotatable bonds is 5. The van der Waals surface area contributed by atoms with Gasteiger partial charge in [0.15, 0.2) is 0 Å². The molecule has 186 valence electrons. The van der Waals surface area contributed by atoms with Crippen LogP contribution >= 0.6 is 23.2 Å². The highest BCUT2D eigenvalue weighted by Crippen LogP contribution is 2.48. The number of hydrogen-bond acceptors (Lipinski definition) is 3. The molecule has 2 atom stereocenters. The molecule has 7 heteroatoms. The van der Waals surface area contributed by atoms with Crippen LogP contribution in [0.3, 0.4) is 0 Å². The van der Waals surface area contributed by atoms with Crippen molar-refractivity contribution in [1.29, 1.82) is 0 Å². The Balaban J connectivity index is 1.42. The minimum absolute atomic E-state index is 0.0245. The zero-order chi connectivity index (χ0) is 24.4. The Labute approximate surface area is 217 Å². The lowest BCUT2D eigenvalue weighted by Gasteiger charge is -2.34. The van der Waals surface area contributed by atoms with Crippen molar-refractivity contribution in [2.75, 3.05) is 32.8 Å². The van der Waals surface area contributed by atoms with Gasteiger partial charge in [-0.25, -0.2) is 0 Å². The van der Waals surface area contributed by atoms with Crippen LogP contribution in [0, 0.1) is 11.8 Å². The molecule has 0 radical (unpaired) electrons. The van der Waals surface area contributed by atoms with Gasteiger partial charge >= 0.3 is 0 Å². The Morgan fingerprint density at radius 1 is 0.943 bits per heavy atom. The maximum absolute atomic E-state index is 12.8. The second-order valence-electron chi connectivity index (χ2n) is 9.95. The fraction of sp³-hybridized carbons (Fsp3) is 0.500. The molecule has 2 heterocycles. The molecule has 0 spiro atoms. The van der Waals surface area contributed by atoms with Crippen LogP contribution in [0.1, 0.15) is 60.4 Å². The molecule has 5 nitrogen and oxygen atoms in total. The average Bonchev–Trinajstić information content (AvgIpc) is 3.32. The zero-order valence-corrected chi connectivity index (χ0v) is 21.4. The Morgan fingerprint density at radius 3 is 2.20 bits per heavy atom. The molecular formula is C28H32Cl2N2O3. The van der Waals surface area contributed by atoms with Crippen LogP contribution in [0.5, 0.6) is 0 Å². The van der Waals surface area contributed by atoms with Crippen molar-refractivity contribution in [3.63, 3.8) is 0 Å². The van der Waals surface area contributed by atoms with Gasteiger partial charge in [-0.05, 0) is 66.1 Å². The van der Waals surface area contributed by atoms with Crippen LogP contribution in [0.25, 0.3) is 11.1 Å². The van der Waals surface area contributed by atoms with Gasteiger partial charge in [-0.15, -0.1) is 0 Å². The first-order valence-electron chi connectivity index (χ1n) is 12.8. The van der Waals surface area contributed by atoms with Gasteiger partial charge in [0.2, 0.25) is 5.91 Å². The Hall–Kier alpha value is -2.08. The monoisotopic (exact) mass is 514 g/mol. The van der Waals surface area contributed by atoms with E-state index in [2.05, 4.69) is 5.32 Å². The largest absolute Gasteiger partial charge is 0.378 e. The number of morpholine rings is 1. The van der Waals surface area contributed by atoms with Gasteiger partial charge < -0.3 is 15.0 Å². The van der Waals surface area contributed by atoms with Crippen LogP contribution in [-0.2, 0) is 9.53 Å². The lowest BCUT2D eigenvalue weighted by Crippen LogP contribution is -2.40. The summed E-state index contributed by atoms with van der Waals surface area (Å²) in [6.45, 7) is 3.12. The highest BCUT2D eigenvalue weighted by atomic mass is 35.5. The van der Waals surface area contributed by atoms with Crippen LogP contribution < -0.4 is 5.32 Å². The summed E-state index contributed by atoms with van der Waals surface area (Å²) in [6, 6.07) is 11.5. The minimum Gasteiger partial charge on any atom is -0.378 e. The molecular weight excluding hydrogens is 483 g/mol. The molecule has 3 fully saturated rings. The third-order valence-corrected chi connectivity index (χ3v) is 8.48. The number of ether oxygens (including phenoxy) is 1. The smallest absolute Gasteiger partial charge is 0.254 e. The van der Waals surface area contributed by atoms with Crippen molar-refractivity contribution in [3.05, 3.63) is 57.6 Å². The van der Waals surface area contributed by atoms with Crippen LogP contribution in [0.15, 0.2) is 36.4 Å². The van der Waals surface area contributed by atoms with E-state index in [1.807, 2.05) is 41.3 Å². The number of carbonyl (C=O) groups excluding carboxylic acids is 2. The predicted molar refractivity (Wildman–Crippen MR) is 139 cm³/mol. The first-order valence-corrected chi connectivity index (χ1v) is 13.5. The molecule has 2 amide bonds. The fourth-order valence-electron chi connectivity index (χ4n) is 6.04. The van der Waals surface area contributed by atoms with Crippen molar-refractivity contribution in [3.8, 4) is 11.1 Å². The van der Waals surface area contributed by atoms with E-state index in [4.69, 9.17) is 27.9 Å². The Kier molecular flexibility index (Phi) is 7.66. The highest BCUT2D eigenvalue weighted by Gasteiger charge is 2.40. The maximum atomic E-state index is 12.8. The molecule has 2 unspecified atom stereocenters. The topological polar surface area (TPSA) is 58.6 Å². The van der Waals surface area contributed by atoms with Gasteiger partial charge in [0.25, 0.3) is 5.91 Å². The molecule has 1 saturated carbocycles. The molecule has 1 N–H and O–H groups in total. The van der Waals surface area contributed by atoms with Crippen molar-refractivity contribution >= 4 is 35.0 Å². The summed E-state index contributed by atoms with van der Waals surface area (Å²) in [5, 5.41) is 4.25. The lowest BCUT2D eigenvalue weighted by atomic mass is 9.70. The van der Waals surface area contributed by atoms with Crippen molar-refractivity contribution in [1.82, 2.24) is 10.2 Å². The summed E-state index contributed by atoms with van der Waals surface area (Å²) in [5.41, 5.74) is 3.44. The van der Waals surface area contributed by atoms with Gasteiger partial charge in [0.05, 0.1) is 13.2 Å². The van der Waals surface area contributed by atoms with Gasteiger partial charge in [-0.3, -0.25) is 9.59 Å². The third-order valence-electron chi connectivity index (χ3n) is 7.86. The number of nitrogens with one attached hydrogen (secondary N) is 1. The zero-order valence-electron chi connectivity index (χ0n) is 19.9.